The molecule has 1 aromatic rings. The molecule has 17 heavy (non-hydrogen) atoms. The normalized spacial score (nSPS) is 15.6. The van der Waals surface area contributed by atoms with E-state index in [4.69, 9.17) is 0 Å². The molecular weight excluding hydrogens is 214 g/mol. The quantitative estimate of drug-likeness (QED) is 0.831. The molecule has 1 aliphatic rings. The first-order chi connectivity index (χ1) is 8.36. The maximum atomic E-state index is 11.7. The van der Waals surface area contributed by atoms with Crippen molar-refractivity contribution < 1.29 is 4.79 Å². The average Bonchev–Trinajstić information content (AvgIpc) is 2.41. The summed E-state index contributed by atoms with van der Waals surface area (Å²) in [5.41, 5.74) is 4.34. The number of hydrogen-bond donors (Lipinski definition) is 2. The lowest BCUT2D eigenvalue weighted by Gasteiger charge is -2.27. The third kappa shape index (κ3) is 3.75. The van der Waals surface area contributed by atoms with Crippen molar-refractivity contribution in [2.45, 2.75) is 19.3 Å². The fraction of sp³-hybridized carbons (Fsp3) is 0.462. The number of nitrogens with zero attached hydrogens (tertiary/aromatic N) is 1. The van der Waals surface area contributed by atoms with Crippen LogP contribution in [0.25, 0.3) is 0 Å². The number of nitrogens with one attached hydrogen (secondary N) is 2. The van der Waals surface area contributed by atoms with Gasteiger partial charge in [0.25, 0.3) is 0 Å². The largest absolute Gasteiger partial charge is 0.337 e. The molecule has 2 rings (SSSR count). The Morgan fingerprint density at radius 2 is 2.12 bits per heavy atom. The summed E-state index contributed by atoms with van der Waals surface area (Å²) in [6.07, 6.45) is 3.10. The van der Waals surface area contributed by atoms with Crippen LogP contribution >= 0.6 is 0 Å². The zero-order valence-corrected chi connectivity index (χ0v) is 9.98. The van der Waals surface area contributed by atoms with Crippen LogP contribution in [0.2, 0.25) is 0 Å². The predicted molar refractivity (Wildman–Crippen MR) is 67.5 cm³/mol. The van der Waals surface area contributed by atoms with Gasteiger partial charge in [-0.2, -0.15) is 0 Å². The van der Waals surface area contributed by atoms with E-state index >= 15 is 0 Å². The summed E-state index contributed by atoms with van der Waals surface area (Å²) in [5.74, 6) is 0. The molecule has 0 radical (unpaired) electrons. The molecule has 4 nitrogen and oxygen atoms in total. The summed E-state index contributed by atoms with van der Waals surface area (Å²) in [5, 5.41) is 4.60. The Bertz CT molecular complexity index is 347. The summed E-state index contributed by atoms with van der Waals surface area (Å²) in [4.78, 5) is 11.7. The highest BCUT2D eigenvalue weighted by atomic mass is 16.2. The lowest BCUT2D eigenvalue weighted by Crippen LogP contribution is -2.51. The van der Waals surface area contributed by atoms with E-state index in [2.05, 4.69) is 22.9 Å². The number of carbonyl (C=O) groups is 1. The van der Waals surface area contributed by atoms with Crippen LogP contribution in [0.15, 0.2) is 30.3 Å². The topological polar surface area (TPSA) is 44.4 Å². The predicted octanol–water partition coefficient (Wildman–Crippen LogP) is 1.54. The molecule has 1 heterocycles. The highest BCUT2D eigenvalue weighted by Crippen LogP contribution is 2.00. The standard InChI is InChI=1S/C13H19N3O/c17-13(16-11-5-4-9-15-16)14-10-8-12-6-2-1-3-7-12/h1-3,6-7,15H,4-5,8-11H2,(H,14,17). The Balaban J connectivity index is 1.69. The van der Waals surface area contributed by atoms with Crippen molar-refractivity contribution in [3.8, 4) is 0 Å². The minimum absolute atomic E-state index is 0.0133. The van der Waals surface area contributed by atoms with Gasteiger partial charge >= 0.3 is 6.03 Å². The fourth-order valence-corrected chi connectivity index (χ4v) is 1.92. The van der Waals surface area contributed by atoms with Crippen LogP contribution in [-0.4, -0.2) is 30.7 Å². The summed E-state index contributed by atoms with van der Waals surface area (Å²) in [7, 11) is 0. The molecule has 1 fully saturated rings. The van der Waals surface area contributed by atoms with Crippen molar-refractivity contribution in [2.75, 3.05) is 19.6 Å². The van der Waals surface area contributed by atoms with Crippen LogP contribution < -0.4 is 10.7 Å². The summed E-state index contributed by atoms with van der Waals surface area (Å²) < 4.78 is 0. The first kappa shape index (κ1) is 11.9. The molecule has 2 N–H and O–H groups in total. The Labute approximate surface area is 102 Å². The number of carbonyl (C=O) groups excluding carboxylic acids is 1. The molecule has 0 saturated carbocycles. The van der Waals surface area contributed by atoms with Gasteiger partial charge in [-0.3, -0.25) is 5.01 Å². The minimum Gasteiger partial charge on any atom is -0.337 e. The maximum absolute atomic E-state index is 11.7. The van der Waals surface area contributed by atoms with E-state index < -0.39 is 0 Å². The van der Waals surface area contributed by atoms with Gasteiger partial charge in [0.1, 0.15) is 0 Å². The molecular formula is C13H19N3O. The van der Waals surface area contributed by atoms with Crippen LogP contribution in [0.1, 0.15) is 18.4 Å². The molecule has 0 aromatic heterocycles. The fourth-order valence-electron chi connectivity index (χ4n) is 1.92. The second kappa shape index (κ2) is 6.25. The number of benzene rings is 1. The van der Waals surface area contributed by atoms with Gasteiger partial charge in [0.15, 0.2) is 0 Å². The van der Waals surface area contributed by atoms with Crippen molar-refractivity contribution in [2.24, 2.45) is 0 Å². The van der Waals surface area contributed by atoms with Gasteiger partial charge in [-0.25, -0.2) is 10.2 Å². The lowest BCUT2D eigenvalue weighted by atomic mass is 10.1. The van der Waals surface area contributed by atoms with Gasteiger partial charge in [-0.1, -0.05) is 30.3 Å². The number of hydrazine groups is 1. The molecule has 0 bridgehead atoms. The number of urea groups is 1. The monoisotopic (exact) mass is 233 g/mol. The molecule has 2 amide bonds. The Morgan fingerprint density at radius 1 is 1.29 bits per heavy atom. The Kier molecular flexibility index (Phi) is 4.38. The first-order valence-corrected chi connectivity index (χ1v) is 6.19. The molecule has 0 spiro atoms. The van der Waals surface area contributed by atoms with E-state index in [1.807, 2.05) is 18.2 Å². The summed E-state index contributed by atoms with van der Waals surface area (Å²) in [6.45, 7) is 2.38. The zero-order chi connectivity index (χ0) is 11.9. The Hall–Kier alpha value is -1.55. The molecule has 0 aliphatic carbocycles. The zero-order valence-electron chi connectivity index (χ0n) is 9.98. The number of hydrogen-bond acceptors (Lipinski definition) is 2. The van der Waals surface area contributed by atoms with Gasteiger partial charge < -0.3 is 5.32 Å². The van der Waals surface area contributed by atoms with E-state index in [1.165, 1.54) is 5.56 Å². The SMILES string of the molecule is O=C(NCCc1ccccc1)N1CCCCN1. The van der Waals surface area contributed by atoms with Gasteiger partial charge in [0.05, 0.1) is 0 Å². The molecule has 4 heteroatoms. The van der Waals surface area contributed by atoms with Crippen molar-refractivity contribution in [3.63, 3.8) is 0 Å². The van der Waals surface area contributed by atoms with Crippen molar-refractivity contribution >= 4 is 6.03 Å². The average molecular weight is 233 g/mol. The second-order valence-electron chi connectivity index (χ2n) is 4.23. The molecule has 1 saturated heterocycles. The van der Waals surface area contributed by atoms with Crippen LogP contribution in [0.3, 0.4) is 0 Å². The smallest absolute Gasteiger partial charge is 0.331 e. The number of amides is 2. The van der Waals surface area contributed by atoms with Gasteiger partial charge in [0, 0.05) is 19.6 Å². The third-order valence-corrected chi connectivity index (χ3v) is 2.89. The third-order valence-electron chi connectivity index (χ3n) is 2.89. The van der Waals surface area contributed by atoms with Gasteiger partial charge in [-0.15, -0.1) is 0 Å². The van der Waals surface area contributed by atoms with E-state index in [-0.39, 0.29) is 6.03 Å². The minimum atomic E-state index is -0.0133. The van der Waals surface area contributed by atoms with E-state index in [9.17, 15) is 4.79 Å². The van der Waals surface area contributed by atoms with E-state index in [1.54, 1.807) is 5.01 Å². The van der Waals surface area contributed by atoms with E-state index in [0.29, 0.717) is 6.54 Å². The van der Waals surface area contributed by atoms with Gasteiger partial charge in [0.2, 0.25) is 0 Å². The Morgan fingerprint density at radius 3 is 2.82 bits per heavy atom. The summed E-state index contributed by atoms with van der Waals surface area (Å²) in [6, 6.07) is 10.2. The molecule has 1 aromatic carbocycles. The maximum Gasteiger partial charge on any atom is 0.331 e. The van der Waals surface area contributed by atoms with E-state index in [0.717, 1.165) is 32.4 Å². The lowest BCUT2D eigenvalue weighted by molar-refractivity contribution is 0.154. The van der Waals surface area contributed by atoms with Crippen molar-refractivity contribution in [1.82, 2.24) is 15.8 Å². The van der Waals surface area contributed by atoms with Crippen LogP contribution in [-0.2, 0) is 6.42 Å². The van der Waals surface area contributed by atoms with Crippen LogP contribution in [0, 0.1) is 0 Å². The first-order valence-electron chi connectivity index (χ1n) is 6.19. The summed E-state index contributed by atoms with van der Waals surface area (Å²) >= 11 is 0. The van der Waals surface area contributed by atoms with Crippen LogP contribution in [0.5, 0.6) is 0 Å². The van der Waals surface area contributed by atoms with Gasteiger partial charge in [-0.05, 0) is 24.8 Å². The molecule has 0 atom stereocenters. The molecule has 0 unspecified atom stereocenters. The second-order valence-corrected chi connectivity index (χ2v) is 4.23. The highest BCUT2D eigenvalue weighted by Gasteiger charge is 2.14. The van der Waals surface area contributed by atoms with Crippen molar-refractivity contribution in [3.05, 3.63) is 35.9 Å². The van der Waals surface area contributed by atoms with Crippen LogP contribution in [0.4, 0.5) is 4.79 Å². The highest BCUT2D eigenvalue weighted by molar-refractivity contribution is 5.73. The molecule has 92 valence electrons. The van der Waals surface area contributed by atoms with Crippen molar-refractivity contribution in [1.29, 1.82) is 0 Å². The molecule has 1 aliphatic heterocycles. The number of rotatable bonds is 3.